The van der Waals surface area contributed by atoms with E-state index >= 15 is 8.78 Å². The van der Waals surface area contributed by atoms with Crippen LogP contribution in [0.25, 0.3) is 6.08 Å². The first kappa shape index (κ1) is 67.2. The lowest BCUT2D eigenvalue weighted by atomic mass is 9.68. The topological polar surface area (TPSA) is 275 Å². The Kier molecular flexibility index (Phi) is 21.0. The number of hydrogen-bond acceptors (Lipinski definition) is 12. The van der Waals surface area contributed by atoms with Crippen LogP contribution < -0.4 is 37.6 Å². The van der Waals surface area contributed by atoms with Gasteiger partial charge in [0, 0.05) is 111 Å². The molecular weight excluding hydrogens is 1300 g/mol. The van der Waals surface area contributed by atoms with Crippen LogP contribution in [0.1, 0.15) is 95.0 Å². The predicted octanol–water partition coefficient (Wildman–Crippen LogP) is 11.3. The predicted molar refractivity (Wildman–Crippen MR) is 337 cm³/mol. The number of carbonyl (C=O) groups is 8. The number of halogens is 9. The van der Waals surface area contributed by atoms with Crippen molar-refractivity contribution >= 4 is 140 Å². The molecular formula is C64H56Cl6F3N7O10. The van der Waals surface area contributed by atoms with E-state index in [9.17, 15) is 42.7 Å². The molecule has 2 saturated carbocycles. The smallest absolute Gasteiger partial charge is 0.320 e. The SMILES string of the molecule is CO.N[C@@H](CCNC(=O)/C=C/c1cccc(Cl)c1F)C(=O)O.O=C1CCC[C@@H]2N[C@@]3(C(=O)Nc4cc(Cl)ccc43)[C@@H](c3cccc(Cl)c3F)[C@H]12.O=C1CCC[C@H]2N[C@@]3(C(=O)Nc4cc(Cl)ccc43)[C@H](c3cccc(Cl)c3F)[C@@H]12.O=C1Nc2cc(Cl)ccc2C1=O. The molecule has 5 aliphatic heterocycles. The number of aliphatic hydroxyl groups excluding tert-OH is 1. The third-order valence-electron chi connectivity index (χ3n) is 16.8. The number of nitrogens with two attached hydrogens (primary N) is 1. The van der Waals surface area contributed by atoms with Gasteiger partial charge in [0.25, 0.3) is 11.7 Å². The van der Waals surface area contributed by atoms with Crippen molar-refractivity contribution in [3.63, 3.8) is 0 Å². The molecule has 6 aromatic rings. The maximum atomic E-state index is 15.1. The summed E-state index contributed by atoms with van der Waals surface area (Å²) in [6.45, 7) is 0.120. The summed E-state index contributed by atoms with van der Waals surface area (Å²) in [6.07, 6.45) is 6.43. The number of benzene rings is 6. The molecule has 6 aromatic carbocycles. The largest absolute Gasteiger partial charge is 0.480 e. The molecule has 2 saturated heterocycles. The van der Waals surface area contributed by atoms with Crippen LogP contribution in [0.3, 0.4) is 0 Å². The third kappa shape index (κ3) is 13.0. The molecule has 7 aliphatic rings. The van der Waals surface area contributed by atoms with Crippen molar-refractivity contribution in [2.75, 3.05) is 29.6 Å². The summed E-state index contributed by atoms with van der Waals surface area (Å²) in [5, 5.41) is 34.5. The van der Waals surface area contributed by atoms with E-state index < -0.39 is 81.8 Å². The number of aliphatic hydroxyl groups is 1. The molecule has 13 rings (SSSR count). The second kappa shape index (κ2) is 28.1. The lowest BCUT2D eigenvalue weighted by Gasteiger charge is -2.32. The van der Waals surface area contributed by atoms with E-state index in [-0.39, 0.29) is 69.1 Å². The van der Waals surface area contributed by atoms with E-state index in [2.05, 4.69) is 31.9 Å². The van der Waals surface area contributed by atoms with E-state index in [1.165, 1.54) is 36.4 Å². The highest BCUT2D eigenvalue weighted by Crippen LogP contribution is 2.59. The second-order valence-corrected chi connectivity index (χ2v) is 24.4. The third-order valence-corrected chi connectivity index (χ3v) is 18.4. The van der Waals surface area contributed by atoms with Crippen LogP contribution in [0.4, 0.5) is 30.2 Å². The molecule has 4 fully saturated rings. The first-order valence-electron chi connectivity index (χ1n) is 28.2. The van der Waals surface area contributed by atoms with Crippen LogP contribution in [-0.2, 0) is 44.6 Å². The second-order valence-electron chi connectivity index (χ2n) is 21.9. The lowest BCUT2D eigenvalue weighted by Crippen LogP contribution is -2.49. The van der Waals surface area contributed by atoms with Gasteiger partial charge in [-0.05, 0) is 110 Å². The molecule has 9 atom stereocenters. The Balaban J connectivity index is 0.000000147. The van der Waals surface area contributed by atoms with Gasteiger partial charge in [0.15, 0.2) is 0 Å². The van der Waals surface area contributed by atoms with Crippen LogP contribution in [0.5, 0.6) is 0 Å². The Morgan fingerprint density at radius 1 is 0.622 bits per heavy atom. The Morgan fingerprint density at radius 3 is 1.54 bits per heavy atom. The molecule has 5 heterocycles. The maximum absolute atomic E-state index is 15.1. The van der Waals surface area contributed by atoms with E-state index in [1.807, 2.05) is 0 Å². The van der Waals surface area contributed by atoms with Crippen molar-refractivity contribution < 1.29 is 61.7 Å². The van der Waals surface area contributed by atoms with Gasteiger partial charge in [-0.1, -0.05) is 118 Å². The Hall–Kier alpha value is -7.21. The summed E-state index contributed by atoms with van der Waals surface area (Å²) in [5.41, 5.74) is 7.02. The van der Waals surface area contributed by atoms with Crippen LogP contribution >= 0.6 is 69.6 Å². The van der Waals surface area contributed by atoms with Gasteiger partial charge in [0.2, 0.25) is 17.7 Å². The molecule has 0 unspecified atom stereocenters. The summed E-state index contributed by atoms with van der Waals surface area (Å²) >= 11 is 35.6. The molecule has 2 aliphatic carbocycles. The number of anilines is 3. The fourth-order valence-electron chi connectivity index (χ4n) is 13.0. The highest BCUT2D eigenvalue weighted by molar-refractivity contribution is 6.52. The number of amides is 4. The van der Waals surface area contributed by atoms with Gasteiger partial charge >= 0.3 is 5.97 Å². The van der Waals surface area contributed by atoms with Crippen LogP contribution in [0.2, 0.25) is 30.1 Å². The number of Topliss-reactive ketones (excluding diaryl/α,β-unsaturated/α-hetero) is 3. The monoisotopic (exact) mass is 1350 g/mol. The fraction of sp³-hybridized carbons (Fsp3) is 0.281. The first-order chi connectivity index (χ1) is 43.0. The Morgan fingerprint density at radius 2 is 1.07 bits per heavy atom. The molecule has 17 nitrogen and oxygen atoms in total. The molecule has 2 spiro atoms. The molecule has 470 valence electrons. The zero-order valence-electron chi connectivity index (χ0n) is 47.4. The van der Waals surface area contributed by atoms with Crippen molar-refractivity contribution in [3.05, 3.63) is 196 Å². The standard InChI is InChI=1S/2C21H17Cl2FN2O2.C13H14ClFN2O3.C8H4ClNO2.CH4O/c2*22-10-7-8-12-15(9-10)25-20(28)21(12)18(11-3-1-4-13(23)19(11)24)17-14(26-21)5-2-6-16(17)27;14-9-3-1-2-8(12(9)15)4-5-11(18)17-7-6-10(16)13(19)20;9-4-1-2-5-6(3-4)10-8(12)7(5)11;1-2/h2*1,3-4,7-9,14,17-18,26H,2,5-6H2,(H,25,28);1-5,10H,6-7,16H2,(H,17,18)(H,19,20);1-3H,(H,10,11,12);2H,1H3/b;;5-4+;;/t14-,17-,18-,21+;14-,17-,18-,21-;10-;;/m010../s1. The summed E-state index contributed by atoms with van der Waals surface area (Å²) in [4.78, 5) is 96.2. The molecule has 0 bridgehead atoms. The van der Waals surface area contributed by atoms with Crippen molar-refractivity contribution in [2.24, 2.45) is 17.6 Å². The number of ketones is 3. The van der Waals surface area contributed by atoms with Crippen molar-refractivity contribution in [3.8, 4) is 0 Å². The number of rotatable bonds is 8. The number of carboxylic acids is 1. The van der Waals surface area contributed by atoms with E-state index in [0.717, 1.165) is 38.9 Å². The zero-order chi connectivity index (χ0) is 65.1. The molecule has 0 aromatic heterocycles. The minimum absolute atomic E-state index is 0.0194. The number of carboxylic acid groups (broad SMARTS) is 1. The Labute approximate surface area is 543 Å². The molecule has 26 heteroatoms. The zero-order valence-corrected chi connectivity index (χ0v) is 51.9. The Bertz CT molecular complexity index is 3780. The number of hydrogen-bond donors (Lipinski definition) is 9. The minimum Gasteiger partial charge on any atom is -0.480 e. The number of nitrogens with one attached hydrogen (secondary N) is 6. The van der Waals surface area contributed by atoms with Gasteiger partial charge in [-0.15, -0.1) is 0 Å². The summed E-state index contributed by atoms with van der Waals surface area (Å²) in [5.74, 6) is -7.29. The van der Waals surface area contributed by atoms with Crippen molar-refractivity contribution in [2.45, 2.75) is 86.0 Å². The average Bonchev–Trinajstić information content (AvgIpc) is 1.54. The minimum atomic E-state index is -1.24. The first-order valence-corrected chi connectivity index (χ1v) is 30.4. The van der Waals surface area contributed by atoms with Gasteiger partial charge < -0.3 is 37.2 Å². The fourth-order valence-corrected chi connectivity index (χ4v) is 14.0. The van der Waals surface area contributed by atoms with Crippen molar-refractivity contribution in [1.82, 2.24) is 16.0 Å². The molecule has 10 N–H and O–H groups in total. The van der Waals surface area contributed by atoms with Gasteiger partial charge in [-0.25, -0.2) is 13.2 Å². The number of fused-ring (bicyclic) bond motifs is 7. The molecule has 4 amide bonds. The maximum Gasteiger partial charge on any atom is 0.320 e. The summed E-state index contributed by atoms with van der Waals surface area (Å²) < 4.78 is 43.7. The van der Waals surface area contributed by atoms with E-state index in [4.69, 9.17) is 85.6 Å². The van der Waals surface area contributed by atoms with E-state index in [0.29, 0.717) is 72.8 Å². The van der Waals surface area contributed by atoms with Gasteiger partial charge in [-0.2, -0.15) is 0 Å². The summed E-state index contributed by atoms with van der Waals surface area (Å²) in [6, 6.07) is 27.5. The van der Waals surface area contributed by atoms with Crippen LogP contribution in [0, 0.1) is 29.3 Å². The highest BCUT2D eigenvalue weighted by Gasteiger charge is 2.66. The number of aliphatic carboxylic acids is 1. The van der Waals surface area contributed by atoms with Crippen LogP contribution in [0.15, 0.2) is 115 Å². The van der Waals surface area contributed by atoms with E-state index in [1.54, 1.807) is 78.9 Å². The van der Waals surface area contributed by atoms with Gasteiger partial charge in [0.1, 0.15) is 46.1 Å². The quantitative estimate of drug-likeness (QED) is 0.0507. The molecule has 90 heavy (non-hydrogen) atoms. The summed E-state index contributed by atoms with van der Waals surface area (Å²) in [7, 11) is 1.00. The molecule has 0 radical (unpaired) electrons. The van der Waals surface area contributed by atoms with Gasteiger partial charge in [-0.3, -0.25) is 49.0 Å². The van der Waals surface area contributed by atoms with Crippen LogP contribution in [-0.4, -0.2) is 88.9 Å². The lowest BCUT2D eigenvalue weighted by molar-refractivity contribution is -0.139. The average molecular weight is 1350 g/mol. The highest BCUT2D eigenvalue weighted by atomic mass is 35.5. The normalized spacial score (nSPS) is 24.0. The van der Waals surface area contributed by atoms with Crippen molar-refractivity contribution in [1.29, 1.82) is 0 Å². The van der Waals surface area contributed by atoms with Gasteiger partial charge in [0.05, 0.1) is 26.3 Å². The number of carbonyl (C=O) groups excluding carboxylic acids is 7.